The number of fused-ring (bicyclic) bond motifs is 1. The number of hydrogen-bond acceptors (Lipinski definition) is 10. The summed E-state index contributed by atoms with van der Waals surface area (Å²) in [5.74, 6) is 1.04. The number of nitrogens with zero attached hydrogens (tertiary/aromatic N) is 3. The van der Waals surface area contributed by atoms with Crippen LogP contribution in [0.1, 0.15) is 33.4 Å². The van der Waals surface area contributed by atoms with Gasteiger partial charge in [0.05, 0.1) is 17.7 Å². The van der Waals surface area contributed by atoms with Gasteiger partial charge in [0.25, 0.3) is 0 Å². The maximum atomic E-state index is 11.4. The lowest BCUT2D eigenvalue weighted by molar-refractivity contribution is -0.140. The highest BCUT2D eigenvalue weighted by Crippen LogP contribution is 2.37. The van der Waals surface area contributed by atoms with Crippen molar-refractivity contribution >= 4 is 5.97 Å². The Kier molecular flexibility index (Phi) is 9.75. The second-order valence-corrected chi connectivity index (χ2v) is 10.3. The molecular weight excluding hydrogens is 576 g/mol. The monoisotopic (exact) mass is 606 g/mol. The minimum Gasteiger partial charge on any atom is -0.488 e. The molecule has 5 rings (SSSR count). The summed E-state index contributed by atoms with van der Waals surface area (Å²) in [5, 5.41) is 41.0. The zero-order chi connectivity index (χ0) is 31.8. The van der Waals surface area contributed by atoms with Gasteiger partial charge < -0.3 is 29.2 Å². The minimum absolute atomic E-state index is 0.0938. The van der Waals surface area contributed by atoms with Crippen LogP contribution < -0.4 is 24.3 Å². The number of carboxylic acid groups (broad SMARTS) is 1. The number of carboxylic acids is 1. The van der Waals surface area contributed by atoms with Gasteiger partial charge in [0, 0.05) is 41.7 Å². The molecule has 1 aliphatic heterocycles. The van der Waals surface area contributed by atoms with E-state index in [9.17, 15) is 25.5 Å². The summed E-state index contributed by atoms with van der Waals surface area (Å²) in [6.07, 6.45) is 3.05. The summed E-state index contributed by atoms with van der Waals surface area (Å²) in [6, 6.07) is 19.6. The maximum absolute atomic E-state index is 11.4. The Morgan fingerprint density at radius 2 is 1.78 bits per heavy atom. The predicted molar refractivity (Wildman–Crippen MR) is 162 cm³/mol. The van der Waals surface area contributed by atoms with Crippen molar-refractivity contribution in [1.82, 2.24) is 10.3 Å². The Bertz CT molecular complexity index is 1790. The summed E-state index contributed by atoms with van der Waals surface area (Å²) in [5.41, 5.74) is 5.17. The third-order valence-electron chi connectivity index (χ3n) is 7.19. The van der Waals surface area contributed by atoms with Crippen molar-refractivity contribution in [2.45, 2.75) is 32.7 Å². The molecule has 0 bridgehead atoms. The molecule has 1 atom stereocenters. The molecule has 1 aliphatic rings. The van der Waals surface area contributed by atoms with Gasteiger partial charge >= 0.3 is 5.97 Å². The van der Waals surface area contributed by atoms with E-state index < -0.39 is 18.6 Å². The maximum Gasteiger partial charge on any atom is 0.323 e. The number of aliphatic hydroxyl groups excluding tert-OH is 1. The molecule has 228 valence electrons. The topological polar surface area (TPSA) is 167 Å². The molecule has 4 aromatic rings. The number of nitrogens with one attached hydrogen (secondary N) is 1. The van der Waals surface area contributed by atoms with E-state index in [0.29, 0.717) is 64.0 Å². The molecule has 3 N–H and O–H groups in total. The lowest BCUT2D eigenvalue weighted by Crippen LogP contribution is -2.39. The average molecular weight is 607 g/mol. The Hall–Kier alpha value is -5.62. The highest BCUT2D eigenvalue weighted by molar-refractivity contribution is 5.74. The third kappa shape index (κ3) is 7.31. The molecule has 0 saturated heterocycles. The number of benzene rings is 3. The molecule has 0 fully saturated rings. The fourth-order valence-corrected chi connectivity index (χ4v) is 4.87. The Balaban J connectivity index is 1.40. The van der Waals surface area contributed by atoms with Crippen LogP contribution in [0.4, 0.5) is 0 Å². The number of aliphatic hydroxyl groups is 1. The Morgan fingerprint density at radius 3 is 2.53 bits per heavy atom. The summed E-state index contributed by atoms with van der Waals surface area (Å²) in [7, 11) is 0. The van der Waals surface area contributed by atoms with Gasteiger partial charge in [0.15, 0.2) is 11.5 Å². The first-order chi connectivity index (χ1) is 21.9. The smallest absolute Gasteiger partial charge is 0.323 e. The number of nitriles is 2. The fraction of sp³-hybridized carbons (Fsp3) is 0.235. The summed E-state index contributed by atoms with van der Waals surface area (Å²) < 4.78 is 23.7. The Morgan fingerprint density at radius 1 is 0.978 bits per heavy atom. The number of aromatic nitrogens is 1. The van der Waals surface area contributed by atoms with Crippen LogP contribution >= 0.6 is 0 Å². The molecule has 0 spiro atoms. The van der Waals surface area contributed by atoms with Gasteiger partial charge in [-0.3, -0.25) is 15.1 Å². The molecule has 11 nitrogen and oxygen atoms in total. The van der Waals surface area contributed by atoms with Crippen molar-refractivity contribution in [2.75, 3.05) is 19.8 Å². The molecule has 0 amide bonds. The SMILES string of the molecule is Cc1cc(CN[C@H](CO)C(=O)O)c(OCc2cncc(C#N)c2)cc1OCc1cccc(-c2ccc3c(c2)OCCO3)c1C#N. The van der Waals surface area contributed by atoms with Crippen molar-refractivity contribution in [3.63, 3.8) is 0 Å². The lowest BCUT2D eigenvalue weighted by Gasteiger charge is -2.20. The molecule has 45 heavy (non-hydrogen) atoms. The first-order valence-corrected chi connectivity index (χ1v) is 14.1. The molecule has 0 aliphatic carbocycles. The van der Waals surface area contributed by atoms with Gasteiger partial charge in [-0.05, 0) is 47.9 Å². The second kappa shape index (κ2) is 14.2. The van der Waals surface area contributed by atoms with E-state index in [1.165, 1.54) is 6.20 Å². The lowest BCUT2D eigenvalue weighted by atomic mass is 9.96. The van der Waals surface area contributed by atoms with E-state index in [-0.39, 0.29) is 19.8 Å². The second-order valence-electron chi connectivity index (χ2n) is 10.3. The molecular formula is C34H30N4O7. The van der Waals surface area contributed by atoms with Gasteiger partial charge in [-0.2, -0.15) is 10.5 Å². The van der Waals surface area contributed by atoms with Crippen LogP contribution in [0.25, 0.3) is 11.1 Å². The van der Waals surface area contributed by atoms with Crippen molar-refractivity contribution in [3.8, 4) is 46.3 Å². The standard InChI is InChI=1S/C34H30N4O7/c1-21-9-26(17-38-29(18-39)34(40)41)32(44-19-23-10-22(13-35)15-37-16-23)12-31(21)45-20-25-3-2-4-27(28(25)14-36)24-5-6-30-33(11-24)43-8-7-42-30/h2-6,9-12,15-16,29,38-39H,7-8,17-20H2,1H3,(H,40,41)/t29-/m1/s1. The van der Waals surface area contributed by atoms with Crippen molar-refractivity contribution in [1.29, 1.82) is 10.5 Å². The van der Waals surface area contributed by atoms with Gasteiger partial charge in [-0.1, -0.05) is 24.3 Å². The number of ether oxygens (including phenoxy) is 4. The summed E-state index contributed by atoms with van der Waals surface area (Å²) in [6.45, 7) is 2.50. The van der Waals surface area contributed by atoms with Gasteiger partial charge in [0.2, 0.25) is 0 Å². The molecule has 3 aromatic carbocycles. The van der Waals surface area contributed by atoms with Crippen molar-refractivity contribution < 1.29 is 34.0 Å². The van der Waals surface area contributed by atoms with Gasteiger partial charge in [-0.25, -0.2) is 0 Å². The number of carbonyl (C=O) groups is 1. The van der Waals surface area contributed by atoms with Crippen LogP contribution in [0, 0.1) is 29.6 Å². The number of aliphatic carboxylic acids is 1. The van der Waals surface area contributed by atoms with E-state index >= 15 is 0 Å². The molecule has 2 heterocycles. The Labute approximate surface area is 259 Å². The summed E-state index contributed by atoms with van der Waals surface area (Å²) in [4.78, 5) is 15.5. The molecule has 0 radical (unpaired) electrons. The van der Waals surface area contributed by atoms with Crippen LogP contribution in [-0.2, 0) is 24.6 Å². The van der Waals surface area contributed by atoms with Crippen molar-refractivity contribution in [3.05, 3.63) is 100 Å². The molecule has 0 saturated carbocycles. The molecule has 1 aromatic heterocycles. The van der Waals surface area contributed by atoms with Crippen LogP contribution in [-0.4, -0.2) is 47.0 Å². The molecule has 0 unspecified atom stereocenters. The quantitative estimate of drug-likeness (QED) is 0.211. The first-order valence-electron chi connectivity index (χ1n) is 14.1. The van der Waals surface area contributed by atoms with E-state index in [0.717, 1.165) is 16.7 Å². The highest BCUT2D eigenvalue weighted by atomic mass is 16.6. The van der Waals surface area contributed by atoms with Crippen LogP contribution in [0.15, 0.2) is 67.0 Å². The molecule has 11 heteroatoms. The number of hydrogen-bond donors (Lipinski definition) is 3. The normalized spacial score (nSPS) is 12.4. The van der Waals surface area contributed by atoms with E-state index in [4.69, 9.17) is 18.9 Å². The largest absolute Gasteiger partial charge is 0.488 e. The minimum atomic E-state index is -1.18. The van der Waals surface area contributed by atoms with Crippen LogP contribution in [0.5, 0.6) is 23.0 Å². The summed E-state index contributed by atoms with van der Waals surface area (Å²) >= 11 is 0. The number of rotatable bonds is 12. The zero-order valence-electron chi connectivity index (χ0n) is 24.4. The van der Waals surface area contributed by atoms with Crippen molar-refractivity contribution in [2.24, 2.45) is 0 Å². The van der Waals surface area contributed by atoms with Gasteiger partial charge in [0.1, 0.15) is 56.1 Å². The zero-order valence-corrected chi connectivity index (χ0v) is 24.4. The average Bonchev–Trinajstić information content (AvgIpc) is 3.07. The first kappa shape index (κ1) is 30.8. The third-order valence-corrected chi connectivity index (χ3v) is 7.19. The van der Waals surface area contributed by atoms with E-state index in [1.807, 2.05) is 49.4 Å². The van der Waals surface area contributed by atoms with E-state index in [2.05, 4.69) is 22.4 Å². The predicted octanol–water partition coefficient (Wildman–Crippen LogP) is 4.26. The fourth-order valence-electron chi connectivity index (χ4n) is 4.87. The van der Waals surface area contributed by atoms with Crippen LogP contribution in [0.2, 0.25) is 0 Å². The number of pyridine rings is 1. The van der Waals surface area contributed by atoms with Gasteiger partial charge in [-0.15, -0.1) is 0 Å². The highest BCUT2D eigenvalue weighted by Gasteiger charge is 2.19. The van der Waals surface area contributed by atoms with E-state index in [1.54, 1.807) is 18.3 Å². The number of aryl methyl sites for hydroxylation is 1. The van der Waals surface area contributed by atoms with Crippen LogP contribution in [0.3, 0.4) is 0 Å².